The van der Waals surface area contributed by atoms with E-state index in [0.717, 1.165) is 47.5 Å². The lowest BCUT2D eigenvalue weighted by Gasteiger charge is -2.34. The number of nitrogens with zero attached hydrogens (tertiary/aromatic N) is 2. The first-order chi connectivity index (χ1) is 16.7. The summed E-state index contributed by atoms with van der Waals surface area (Å²) in [5.41, 5.74) is 3.15. The number of hydrogen-bond donors (Lipinski definition) is 2. The number of carbonyl (C=O) groups excluding carboxylic acids is 1. The molecule has 194 valence electrons. The lowest BCUT2D eigenvalue weighted by Crippen LogP contribution is -2.50. The first kappa shape index (κ1) is 27.4. The Hall–Kier alpha value is -2.19. The molecule has 2 aliphatic heterocycles. The maximum atomic E-state index is 13.0. The summed E-state index contributed by atoms with van der Waals surface area (Å²) in [6, 6.07) is 4.01. The van der Waals surface area contributed by atoms with E-state index in [2.05, 4.69) is 17.6 Å². The van der Waals surface area contributed by atoms with Crippen LogP contribution in [0, 0.1) is 13.8 Å². The number of unbranched alkanes of at least 4 members (excludes halogenated alkanes) is 6. The Morgan fingerprint density at radius 1 is 1.06 bits per heavy atom. The highest BCUT2D eigenvalue weighted by Crippen LogP contribution is 2.32. The molecule has 1 aromatic rings. The van der Waals surface area contributed by atoms with Crippen molar-refractivity contribution in [2.45, 2.75) is 90.5 Å². The molecule has 1 aromatic carbocycles. The molecular weight excluding hydrogens is 460 g/mol. The van der Waals surface area contributed by atoms with Gasteiger partial charge in [-0.25, -0.2) is 8.42 Å². The van der Waals surface area contributed by atoms with E-state index in [-0.39, 0.29) is 5.91 Å². The summed E-state index contributed by atoms with van der Waals surface area (Å²) in [6.07, 6.45) is 11.8. The van der Waals surface area contributed by atoms with E-state index in [1.165, 1.54) is 41.8 Å². The van der Waals surface area contributed by atoms with Crippen LogP contribution in [-0.4, -0.2) is 50.1 Å². The summed E-state index contributed by atoms with van der Waals surface area (Å²) >= 11 is 0. The van der Waals surface area contributed by atoms with Crippen molar-refractivity contribution in [2.75, 3.05) is 25.5 Å². The molecule has 0 atom stereocenters. The van der Waals surface area contributed by atoms with E-state index < -0.39 is 15.6 Å². The van der Waals surface area contributed by atoms with Crippen LogP contribution in [0.5, 0.6) is 0 Å². The zero-order valence-electron chi connectivity index (χ0n) is 21.8. The minimum atomic E-state index is -3.58. The third-order valence-corrected chi connectivity index (χ3v) is 8.81. The van der Waals surface area contributed by atoms with Gasteiger partial charge < -0.3 is 10.6 Å². The van der Waals surface area contributed by atoms with Crippen LogP contribution in [0.2, 0.25) is 0 Å². The van der Waals surface area contributed by atoms with Crippen LogP contribution in [0.25, 0.3) is 6.08 Å². The van der Waals surface area contributed by atoms with E-state index in [1.54, 1.807) is 6.08 Å². The van der Waals surface area contributed by atoms with E-state index in [0.29, 0.717) is 25.9 Å². The molecule has 1 fully saturated rings. The predicted octanol–water partition coefficient (Wildman–Crippen LogP) is 5.15. The van der Waals surface area contributed by atoms with Gasteiger partial charge in [-0.15, -0.1) is 0 Å². The Morgan fingerprint density at radius 3 is 2.26 bits per heavy atom. The molecule has 0 saturated carbocycles. The number of anilines is 1. The Bertz CT molecular complexity index is 1030. The fraction of sp³-hybridized carbons (Fsp3) is 0.630. The SMILES string of the molecule is CCCCCCCCCC1=NC2(CCN(S(=O)(=O)/C=C/c3c(C)cc(NC)cc3C)CC2)C(=O)N1. The molecule has 8 heteroatoms. The van der Waals surface area contributed by atoms with Crippen LogP contribution in [0.4, 0.5) is 5.69 Å². The normalized spacial score (nSPS) is 18.3. The lowest BCUT2D eigenvalue weighted by atomic mass is 9.89. The predicted molar refractivity (Wildman–Crippen MR) is 145 cm³/mol. The summed E-state index contributed by atoms with van der Waals surface area (Å²) in [5.74, 6) is 0.703. The Labute approximate surface area is 211 Å². The fourth-order valence-electron chi connectivity index (χ4n) is 5.02. The molecule has 1 saturated heterocycles. The third-order valence-electron chi connectivity index (χ3n) is 7.25. The molecule has 1 amide bonds. The number of sulfonamides is 1. The van der Waals surface area contributed by atoms with E-state index >= 15 is 0 Å². The van der Waals surface area contributed by atoms with E-state index in [1.807, 2.05) is 33.0 Å². The molecule has 0 radical (unpaired) electrons. The Morgan fingerprint density at radius 2 is 1.66 bits per heavy atom. The van der Waals surface area contributed by atoms with Crippen LogP contribution in [0.3, 0.4) is 0 Å². The molecule has 2 aliphatic rings. The second-order valence-electron chi connectivity index (χ2n) is 9.94. The number of hydrogen-bond acceptors (Lipinski definition) is 5. The topological polar surface area (TPSA) is 90.9 Å². The number of aryl methyl sites for hydroxylation is 2. The Kier molecular flexibility index (Phi) is 9.53. The van der Waals surface area contributed by atoms with Gasteiger partial charge in [0.25, 0.3) is 5.91 Å². The minimum absolute atomic E-state index is 0.0705. The highest BCUT2D eigenvalue weighted by Gasteiger charge is 2.46. The monoisotopic (exact) mass is 502 g/mol. The second-order valence-corrected chi connectivity index (χ2v) is 11.8. The highest BCUT2D eigenvalue weighted by molar-refractivity contribution is 7.92. The number of amidine groups is 1. The molecule has 0 aliphatic carbocycles. The van der Waals surface area contributed by atoms with Crippen molar-refractivity contribution < 1.29 is 13.2 Å². The van der Waals surface area contributed by atoms with Crippen molar-refractivity contribution in [2.24, 2.45) is 4.99 Å². The summed E-state index contributed by atoms with van der Waals surface area (Å²) < 4.78 is 27.5. The van der Waals surface area contributed by atoms with Gasteiger partial charge in [0.15, 0.2) is 0 Å². The number of amides is 1. The molecule has 2 N–H and O–H groups in total. The summed E-state index contributed by atoms with van der Waals surface area (Å²) in [5, 5.41) is 7.39. The molecule has 7 nitrogen and oxygen atoms in total. The molecule has 0 aromatic heterocycles. The first-order valence-corrected chi connectivity index (χ1v) is 14.6. The number of benzene rings is 1. The number of nitrogens with one attached hydrogen (secondary N) is 2. The van der Waals surface area contributed by atoms with Gasteiger partial charge in [-0.1, -0.05) is 45.4 Å². The van der Waals surface area contributed by atoms with Gasteiger partial charge in [-0.2, -0.15) is 4.31 Å². The molecule has 35 heavy (non-hydrogen) atoms. The first-order valence-electron chi connectivity index (χ1n) is 13.1. The van der Waals surface area contributed by atoms with Crippen LogP contribution < -0.4 is 10.6 Å². The number of aliphatic imine (C=N–C) groups is 1. The van der Waals surface area contributed by atoms with Gasteiger partial charge in [0.1, 0.15) is 11.4 Å². The van der Waals surface area contributed by atoms with Gasteiger partial charge in [-0.05, 0) is 68.0 Å². The van der Waals surface area contributed by atoms with E-state index in [4.69, 9.17) is 4.99 Å². The summed E-state index contributed by atoms with van der Waals surface area (Å²) in [6.45, 7) is 6.77. The zero-order valence-corrected chi connectivity index (χ0v) is 22.6. The minimum Gasteiger partial charge on any atom is -0.388 e. The third kappa shape index (κ3) is 6.94. The molecule has 3 rings (SSSR count). The van der Waals surface area contributed by atoms with Crippen LogP contribution >= 0.6 is 0 Å². The molecule has 0 unspecified atom stereocenters. The fourth-order valence-corrected chi connectivity index (χ4v) is 6.20. The average Bonchev–Trinajstić information content (AvgIpc) is 3.12. The van der Waals surface area contributed by atoms with Crippen molar-refractivity contribution >= 4 is 33.5 Å². The van der Waals surface area contributed by atoms with Gasteiger partial charge >= 0.3 is 0 Å². The van der Waals surface area contributed by atoms with Crippen LogP contribution in [0.15, 0.2) is 22.5 Å². The lowest BCUT2D eigenvalue weighted by molar-refractivity contribution is -0.124. The van der Waals surface area contributed by atoms with Gasteiger partial charge in [-0.3, -0.25) is 9.79 Å². The van der Waals surface area contributed by atoms with Gasteiger partial charge in [0.2, 0.25) is 10.0 Å². The van der Waals surface area contributed by atoms with Crippen molar-refractivity contribution in [1.29, 1.82) is 0 Å². The van der Waals surface area contributed by atoms with Crippen molar-refractivity contribution in [1.82, 2.24) is 9.62 Å². The smallest absolute Gasteiger partial charge is 0.253 e. The summed E-state index contributed by atoms with van der Waals surface area (Å²) in [4.78, 5) is 17.5. The zero-order chi connectivity index (χ0) is 25.5. The maximum absolute atomic E-state index is 13.0. The van der Waals surface area contributed by atoms with Crippen LogP contribution in [0.1, 0.15) is 87.8 Å². The molecule has 1 spiro atoms. The Balaban J connectivity index is 1.55. The van der Waals surface area contributed by atoms with Gasteiger partial charge in [0, 0.05) is 37.7 Å². The quantitative estimate of drug-likeness (QED) is 0.387. The molecule has 2 heterocycles. The standard InChI is InChI=1S/C27H42N4O3S/c1-5-6-7-8-9-10-11-12-25-29-26(32)27(30-25)14-16-31(17-15-27)35(33,34)18-13-24-21(2)19-23(28-4)20-22(24)3/h13,18-20,28H,5-12,14-17H2,1-4H3,(H,29,30,32)/b18-13+. The number of piperidine rings is 1. The van der Waals surface area contributed by atoms with Crippen molar-refractivity contribution in [3.05, 3.63) is 34.2 Å². The second kappa shape index (κ2) is 12.2. The number of rotatable bonds is 12. The van der Waals surface area contributed by atoms with E-state index in [9.17, 15) is 13.2 Å². The maximum Gasteiger partial charge on any atom is 0.253 e. The largest absolute Gasteiger partial charge is 0.388 e. The number of carbonyl (C=O) groups is 1. The van der Waals surface area contributed by atoms with Crippen LogP contribution in [-0.2, 0) is 14.8 Å². The van der Waals surface area contributed by atoms with Crippen molar-refractivity contribution in [3.8, 4) is 0 Å². The summed E-state index contributed by atoms with van der Waals surface area (Å²) in [7, 11) is -1.71. The van der Waals surface area contributed by atoms with Crippen molar-refractivity contribution in [3.63, 3.8) is 0 Å². The average molecular weight is 503 g/mol. The van der Waals surface area contributed by atoms with Gasteiger partial charge in [0.05, 0.1) is 0 Å². The highest BCUT2D eigenvalue weighted by atomic mass is 32.2. The molecular formula is C27H42N4O3S. The molecule has 0 bridgehead atoms.